The summed E-state index contributed by atoms with van der Waals surface area (Å²) in [7, 11) is 3.89. The molecule has 24 heavy (non-hydrogen) atoms. The number of halogens is 1. The van der Waals surface area contributed by atoms with Gasteiger partial charge in [-0.15, -0.1) is 0 Å². The number of amides is 1. The first kappa shape index (κ1) is 16.6. The van der Waals surface area contributed by atoms with Crippen LogP contribution in [-0.4, -0.2) is 38.1 Å². The van der Waals surface area contributed by atoms with Gasteiger partial charge in [-0.2, -0.15) is 0 Å². The molecule has 1 aromatic carbocycles. The zero-order chi connectivity index (χ0) is 17.1. The van der Waals surface area contributed by atoms with Crippen molar-refractivity contribution in [2.45, 2.75) is 6.04 Å². The summed E-state index contributed by atoms with van der Waals surface area (Å²) in [6.07, 6.45) is 3.45. The molecule has 1 atom stereocenters. The molecule has 0 saturated heterocycles. The Hall–Kier alpha value is -2.24. The van der Waals surface area contributed by atoms with Crippen LogP contribution in [-0.2, 0) is 4.79 Å². The summed E-state index contributed by atoms with van der Waals surface area (Å²) < 4.78 is 11.1. The SMILES string of the molecule is CN(C)C(CNC(=O)C1=Cc2cc(Cl)ccc2OC1)c1ccco1. The number of rotatable bonds is 5. The molecule has 0 radical (unpaired) electrons. The number of nitrogens with zero attached hydrogens (tertiary/aromatic N) is 1. The van der Waals surface area contributed by atoms with Crippen molar-refractivity contribution in [1.29, 1.82) is 0 Å². The van der Waals surface area contributed by atoms with Crippen LogP contribution in [0.4, 0.5) is 0 Å². The Morgan fingerprint density at radius 1 is 1.38 bits per heavy atom. The molecular weight excluding hydrogens is 328 g/mol. The van der Waals surface area contributed by atoms with E-state index in [0.29, 0.717) is 17.1 Å². The second-order valence-electron chi connectivity index (χ2n) is 5.85. The number of benzene rings is 1. The minimum Gasteiger partial charge on any atom is -0.488 e. The molecule has 5 nitrogen and oxygen atoms in total. The number of hydrogen-bond donors (Lipinski definition) is 1. The van der Waals surface area contributed by atoms with Crippen LogP contribution >= 0.6 is 11.6 Å². The lowest BCUT2D eigenvalue weighted by atomic mass is 10.1. The predicted octanol–water partition coefficient (Wildman–Crippen LogP) is 3.13. The smallest absolute Gasteiger partial charge is 0.250 e. The molecule has 1 aromatic heterocycles. The van der Waals surface area contributed by atoms with E-state index in [2.05, 4.69) is 5.32 Å². The van der Waals surface area contributed by atoms with Crippen LogP contribution in [0.15, 0.2) is 46.6 Å². The van der Waals surface area contributed by atoms with Crippen LogP contribution < -0.4 is 10.1 Å². The Balaban J connectivity index is 1.69. The first-order valence-corrected chi connectivity index (χ1v) is 8.03. The van der Waals surface area contributed by atoms with Gasteiger partial charge in [-0.05, 0) is 50.5 Å². The normalized spacial score (nSPS) is 14.6. The van der Waals surface area contributed by atoms with Crippen molar-refractivity contribution in [1.82, 2.24) is 10.2 Å². The zero-order valence-corrected chi connectivity index (χ0v) is 14.3. The summed E-state index contributed by atoms with van der Waals surface area (Å²) >= 11 is 6.00. The second kappa shape index (κ2) is 7.11. The van der Waals surface area contributed by atoms with Crippen molar-refractivity contribution in [2.75, 3.05) is 27.2 Å². The van der Waals surface area contributed by atoms with Gasteiger partial charge in [0, 0.05) is 17.1 Å². The first-order chi connectivity index (χ1) is 11.5. The standard InChI is InChI=1S/C18H19ClN2O3/c1-21(2)15(17-4-3-7-23-17)10-20-18(22)13-8-12-9-14(19)5-6-16(12)24-11-13/h3-9,15H,10-11H2,1-2H3,(H,20,22). The van der Waals surface area contributed by atoms with Gasteiger partial charge in [0.2, 0.25) is 0 Å². The van der Waals surface area contributed by atoms with Crippen LogP contribution in [0.25, 0.3) is 6.08 Å². The van der Waals surface area contributed by atoms with Crippen LogP contribution in [0.5, 0.6) is 5.75 Å². The molecule has 0 fully saturated rings. The Morgan fingerprint density at radius 3 is 2.92 bits per heavy atom. The molecule has 1 aliphatic heterocycles. The molecule has 6 heteroatoms. The molecule has 3 rings (SSSR count). The fourth-order valence-electron chi connectivity index (χ4n) is 2.60. The predicted molar refractivity (Wildman–Crippen MR) is 93.1 cm³/mol. The summed E-state index contributed by atoms with van der Waals surface area (Å²) in [5, 5.41) is 3.56. The molecule has 2 heterocycles. The van der Waals surface area contributed by atoms with Gasteiger partial charge in [0.1, 0.15) is 18.1 Å². The van der Waals surface area contributed by atoms with Crippen molar-refractivity contribution in [2.24, 2.45) is 0 Å². The molecule has 126 valence electrons. The zero-order valence-electron chi connectivity index (χ0n) is 13.6. The van der Waals surface area contributed by atoms with Gasteiger partial charge in [0.15, 0.2) is 0 Å². The second-order valence-corrected chi connectivity index (χ2v) is 6.28. The van der Waals surface area contributed by atoms with Crippen molar-refractivity contribution in [3.63, 3.8) is 0 Å². The van der Waals surface area contributed by atoms with E-state index >= 15 is 0 Å². The van der Waals surface area contributed by atoms with E-state index in [1.165, 1.54) is 0 Å². The highest BCUT2D eigenvalue weighted by molar-refractivity contribution is 6.30. The summed E-state index contributed by atoms with van der Waals surface area (Å²) in [6, 6.07) is 9.07. The number of carbonyl (C=O) groups is 1. The van der Waals surface area contributed by atoms with Crippen molar-refractivity contribution < 1.29 is 13.9 Å². The Kier molecular flexibility index (Phi) is 4.92. The van der Waals surface area contributed by atoms with Crippen molar-refractivity contribution in [3.05, 3.63) is 58.5 Å². The number of fused-ring (bicyclic) bond motifs is 1. The molecular formula is C18H19ClN2O3. The number of ether oxygens (including phenoxy) is 1. The summed E-state index contributed by atoms with van der Waals surface area (Å²) in [5.41, 5.74) is 1.39. The third-order valence-corrected chi connectivity index (χ3v) is 4.16. The first-order valence-electron chi connectivity index (χ1n) is 7.65. The van der Waals surface area contributed by atoms with Gasteiger partial charge >= 0.3 is 0 Å². The molecule has 2 aromatic rings. The summed E-state index contributed by atoms with van der Waals surface area (Å²) in [4.78, 5) is 14.4. The number of likely N-dealkylation sites (N-methyl/N-ethyl adjacent to an activating group) is 1. The molecule has 0 saturated carbocycles. The molecule has 0 aliphatic carbocycles. The van der Waals surface area contributed by atoms with Crippen LogP contribution in [0.3, 0.4) is 0 Å². The van der Waals surface area contributed by atoms with E-state index in [0.717, 1.165) is 17.1 Å². The maximum atomic E-state index is 12.4. The molecule has 0 spiro atoms. The van der Waals surface area contributed by atoms with E-state index in [9.17, 15) is 4.79 Å². The van der Waals surface area contributed by atoms with Crippen LogP contribution in [0.1, 0.15) is 17.4 Å². The van der Waals surface area contributed by atoms with Gasteiger partial charge in [0.25, 0.3) is 5.91 Å². The van der Waals surface area contributed by atoms with Crippen LogP contribution in [0.2, 0.25) is 5.02 Å². The molecule has 1 N–H and O–H groups in total. The minimum atomic E-state index is -0.154. The van der Waals surface area contributed by atoms with E-state index in [1.807, 2.05) is 43.3 Å². The third-order valence-electron chi connectivity index (χ3n) is 3.93. The monoisotopic (exact) mass is 346 g/mol. The molecule has 1 aliphatic rings. The Bertz CT molecular complexity index is 754. The quantitative estimate of drug-likeness (QED) is 0.903. The highest BCUT2D eigenvalue weighted by Gasteiger charge is 2.21. The van der Waals surface area contributed by atoms with Gasteiger partial charge in [-0.1, -0.05) is 11.6 Å². The Morgan fingerprint density at radius 2 is 2.21 bits per heavy atom. The lowest BCUT2D eigenvalue weighted by Crippen LogP contribution is -2.36. The van der Waals surface area contributed by atoms with Gasteiger partial charge in [-0.3, -0.25) is 9.69 Å². The van der Waals surface area contributed by atoms with Gasteiger partial charge < -0.3 is 14.5 Å². The van der Waals surface area contributed by atoms with Gasteiger partial charge in [-0.25, -0.2) is 0 Å². The van der Waals surface area contributed by atoms with Crippen molar-refractivity contribution in [3.8, 4) is 5.75 Å². The highest BCUT2D eigenvalue weighted by Crippen LogP contribution is 2.29. The molecule has 0 bridgehead atoms. The average molecular weight is 347 g/mol. The topological polar surface area (TPSA) is 54.7 Å². The fourth-order valence-corrected chi connectivity index (χ4v) is 2.78. The van der Waals surface area contributed by atoms with E-state index < -0.39 is 0 Å². The van der Waals surface area contributed by atoms with E-state index in [1.54, 1.807) is 18.4 Å². The lowest BCUT2D eigenvalue weighted by Gasteiger charge is -2.23. The average Bonchev–Trinajstić information content (AvgIpc) is 3.08. The van der Waals surface area contributed by atoms with Crippen molar-refractivity contribution >= 4 is 23.6 Å². The molecule has 1 amide bonds. The maximum Gasteiger partial charge on any atom is 0.250 e. The van der Waals surface area contributed by atoms with Crippen LogP contribution in [0, 0.1) is 0 Å². The largest absolute Gasteiger partial charge is 0.488 e. The maximum absolute atomic E-state index is 12.4. The highest BCUT2D eigenvalue weighted by atomic mass is 35.5. The Labute approximate surface area is 145 Å². The van der Waals surface area contributed by atoms with Gasteiger partial charge in [0.05, 0.1) is 17.9 Å². The minimum absolute atomic E-state index is 0.0317. The number of nitrogens with one attached hydrogen (secondary N) is 1. The number of hydrogen-bond acceptors (Lipinski definition) is 4. The third kappa shape index (κ3) is 3.63. The van der Waals surface area contributed by atoms with E-state index in [4.69, 9.17) is 20.8 Å². The number of carbonyl (C=O) groups excluding carboxylic acids is 1. The summed E-state index contributed by atoms with van der Waals surface area (Å²) in [5.74, 6) is 1.39. The number of furan rings is 1. The molecule has 1 unspecified atom stereocenters. The summed E-state index contributed by atoms with van der Waals surface area (Å²) in [6.45, 7) is 0.687. The lowest BCUT2D eigenvalue weighted by molar-refractivity contribution is -0.118. The van der Waals surface area contributed by atoms with E-state index in [-0.39, 0.29) is 18.6 Å². The fraction of sp³-hybridized carbons (Fsp3) is 0.278.